The van der Waals surface area contributed by atoms with Gasteiger partial charge in [0, 0.05) is 28.7 Å². The molecule has 0 heterocycles. The molecule has 0 saturated heterocycles. The predicted molar refractivity (Wildman–Crippen MR) is 121 cm³/mol. The smallest absolute Gasteiger partial charge is 0.123 e. The SMILES string of the molecule is COc1cc(OC)cc(SC[C@H]2[C@@](C)(O)[C@H](N)C[C@@]3(C)C(C)(C)CCC[C@]23C)c1. The first-order valence-corrected chi connectivity index (χ1v) is 11.7. The lowest BCUT2D eigenvalue weighted by Gasteiger charge is -2.69. The number of methoxy groups -OCH3 is 2. The summed E-state index contributed by atoms with van der Waals surface area (Å²) in [6.45, 7) is 11.6. The standard InChI is InChI=1S/C24H39NO3S/c1-21(2)9-8-10-22(3)19(24(5,26)20(25)14-23(21,22)4)15-29-18-12-16(27-6)11-17(13-18)28-7/h11-13,19-20,26H,8-10,14-15,25H2,1-7H3/t19-,20-,22-,23+,24-/m1/s1. The molecule has 29 heavy (non-hydrogen) atoms. The molecule has 5 heteroatoms. The van der Waals surface area contributed by atoms with Gasteiger partial charge in [0.2, 0.25) is 0 Å². The number of hydrogen-bond donors (Lipinski definition) is 2. The molecule has 0 radical (unpaired) electrons. The first kappa shape index (κ1) is 22.8. The van der Waals surface area contributed by atoms with Crippen molar-refractivity contribution in [2.75, 3.05) is 20.0 Å². The zero-order chi connectivity index (χ0) is 21.7. The van der Waals surface area contributed by atoms with Gasteiger partial charge in [-0.3, -0.25) is 0 Å². The van der Waals surface area contributed by atoms with Crippen LogP contribution in [0.25, 0.3) is 0 Å². The summed E-state index contributed by atoms with van der Waals surface area (Å²) in [6.07, 6.45) is 4.44. The van der Waals surface area contributed by atoms with E-state index in [1.807, 2.05) is 25.1 Å². The van der Waals surface area contributed by atoms with Gasteiger partial charge in [-0.2, -0.15) is 0 Å². The van der Waals surface area contributed by atoms with Gasteiger partial charge in [0.25, 0.3) is 0 Å². The largest absolute Gasteiger partial charge is 0.497 e. The van der Waals surface area contributed by atoms with Crippen molar-refractivity contribution in [3.05, 3.63) is 18.2 Å². The summed E-state index contributed by atoms with van der Waals surface area (Å²) >= 11 is 1.77. The van der Waals surface area contributed by atoms with Crippen LogP contribution in [0.15, 0.2) is 23.1 Å². The second-order valence-electron chi connectivity index (χ2n) is 10.4. The van der Waals surface area contributed by atoms with E-state index in [1.54, 1.807) is 26.0 Å². The number of aliphatic hydroxyl groups is 1. The number of thioether (sulfide) groups is 1. The molecule has 4 nitrogen and oxygen atoms in total. The Labute approximate surface area is 180 Å². The molecule has 0 aliphatic heterocycles. The minimum Gasteiger partial charge on any atom is -0.497 e. The highest BCUT2D eigenvalue weighted by Crippen LogP contribution is 2.69. The van der Waals surface area contributed by atoms with Gasteiger partial charge in [0.05, 0.1) is 19.8 Å². The highest BCUT2D eigenvalue weighted by Gasteiger charge is 2.66. The number of hydrogen-bond acceptors (Lipinski definition) is 5. The molecule has 0 bridgehead atoms. The van der Waals surface area contributed by atoms with Gasteiger partial charge in [0.1, 0.15) is 11.5 Å². The first-order chi connectivity index (χ1) is 13.4. The van der Waals surface area contributed by atoms with Crippen molar-refractivity contribution in [1.29, 1.82) is 0 Å². The third kappa shape index (κ3) is 3.57. The zero-order valence-electron chi connectivity index (χ0n) is 19.2. The molecule has 164 valence electrons. The Kier molecular flexibility index (Phi) is 6.01. The van der Waals surface area contributed by atoms with Crippen molar-refractivity contribution in [2.24, 2.45) is 27.9 Å². The van der Waals surface area contributed by atoms with Crippen LogP contribution in [0.4, 0.5) is 0 Å². The van der Waals surface area contributed by atoms with Crippen LogP contribution >= 0.6 is 11.8 Å². The van der Waals surface area contributed by atoms with Gasteiger partial charge in [-0.25, -0.2) is 0 Å². The molecule has 1 aromatic rings. The van der Waals surface area contributed by atoms with Crippen molar-refractivity contribution < 1.29 is 14.6 Å². The van der Waals surface area contributed by atoms with Gasteiger partial charge in [-0.1, -0.05) is 34.1 Å². The fraction of sp³-hybridized carbons (Fsp3) is 0.750. The number of benzene rings is 1. The molecule has 2 aliphatic carbocycles. The minimum atomic E-state index is -0.891. The van der Waals surface area contributed by atoms with Crippen LogP contribution in [-0.4, -0.2) is 36.7 Å². The van der Waals surface area contributed by atoms with Gasteiger partial charge in [-0.05, 0) is 54.6 Å². The zero-order valence-corrected chi connectivity index (χ0v) is 20.0. The Morgan fingerprint density at radius 2 is 1.62 bits per heavy atom. The van der Waals surface area contributed by atoms with Crippen LogP contribution in [0.3, 0.4) is 0 Å². The van der Waals surface area contributed by atoms with Crippen molar-refractivity contribution in [2.45, 2.75) is 76.8 Å². The van der Waals surface area contributed by atoms with E-state index in [-0.39, 0.29) is 28.2 Å². The fourth-order valence-corrected chi connectivity index (χ4v) is 7.70. The Bertz CT molecular complexity index is 727. The fourth-order valence-electron chi connectivity index (χ4n) is 6.24. The summed E-state index contributed by atoms with van der Waals surface area (Å²) in [7, 11) is 3.34. The maximum Gasteiger partial charge on any atom is 0.123 e. The third-order valence-corrected chi connectivity index (χ3v) is 9.92. The molecule has 2 fully saturated rings. The second kappa shape index (κ2) is 7.65. The normalized spacial score (nSPS) is 38.9. The van der Waals surface area contributed by atoms with Crippen molar-refractivity contribution in [1.82, 2.24) is 0 Å². The van der Waals surface area contributed by atoms with E-state index < -0.39 is 5.60 Å². The molecule has 0 unspecified atom stereocenters. The second-order valence-corrected chi connectivity index (χ2v) is 11.5. The van der Waals surface area contributed by atoms with Crippen molar-refractivity contribution in [3.8, 4) is 11.5 Å². The van der Waals surface area contributed by atoms with Crippen LogP contribution < -0.4 is 15.2 Å². The van der Waals surface area contributed by atoms with Gasteiger partial charge in [0.15, 0.2) is 0 Å². The van der Waals surface area contributed by atoms with Crippen LogP contribution in [-0.2, 0) is 0 Å². The molecular weight excluding hydrogens is 382 g/mol. The molecule has 1 aromatic carbocycles. The Hall–Kier alpha value is -0.910. The quantitative estimate of drug-likeness (QED) is 0.646. The molecule has 2 saturated carbocycles. The molecule has 0 amide bonds. The molecule has 2 aliphatic rings. The summed E-state index contributed by atoms with van der Waals surface area (Å²) in [4.78, 5) is 1.09. The third-order valence-electron chi connectivity index (χ3n) is 8.85. The van der Waals surface area contributed by atoms with E-state index in [0.29, 0.717) is 0 Å². The van der Waals surface area contributed by atoms with Crippen molar-refractivity contribution in [3.63, 3.8) is 0 Å². The van der Waals surface area contributed by atoms with Crippen molar-refractivity contribution >= 4 is 11.8 Å². The summed E-state index contributed by atoms with van der Waals surface area (Å²) in [5.74, 6) is 2.49. The summed E-state index contributed by atoms with van der Waals surface area (Å²) in [5, 5.41) is 11.6. The monoisotopic (exact) mass is 421 g/mol. The van der Waals surface area contributed by atoms with E-state index in [4.69, 9.17) is 15.2 Å². The van der Waals surface area contributed by atoms with E-state index in [1.165, 1.54) is 12.8 Å². The van der Waals surface area contributed by atoms with Crippen LogP contribution in [0.5, 0.6) is 11.5 Å². The summed E-state index contributed by atoms with van der Waals surface area (Å²) in [6, 6.07) is 5.75. The van der Waals surface area contributed by atoms with E-state index in [2.05, 4.69) is 27.7 Å². The lowest BCUT2D eigenvalue weighted by Crippen LogP contribution is -2.70. The Morgan fingerprint density at radius 1 is 1.03 bits per heavy atom. The number of nitrogens with two attached hydrogens (primary N) is 1. The molecular formula is C24H39NO3S. The lowest BCUT2D eigenvalue weighted by molar-refractivity contribution is -0.217. The maximum absolute atomic E-state index is 11.6. The summed E-state index contributed by atoms with van der Waals surface area (Å²) < 4.78 is 10.9. The highest BCUT2D eigenvalue weighted by molar-refractivity contribution is 7.99. The lowest BCUT2D eigenvalue weighted by atomic mass is 9.38. The van der Waals surface area contributed by atoms with Crippen LogP contribution in [0, 0.1) is 22.2 Å². The van der Waals surface area contributed by atoms with Crippen LogP contribution in [0.1, 0.15) is 60.3 Å². The first-order valence-electron chi connectivity index (χ1n) is 10.7. The molecule has 0 spiro atoms. The Morgan fingerprint density at radius 3 is 2.17 bits per heavy atom. The number of fused-ring (bicyclic) bond motifs is 1. The minimum absolute atomic E-state index is 0.0318. The van der Waals surface area contributed by atoms with Gasteiger partial charge < -0.3 is 20.3 Å². The molecule has 5 atom stereocenters. The van der Waals surface area contributed by atoms with Gasteiger partial charge in [-0.15, -0.1) is 11.8 Å². The summed E-state index contributed by atoms with van der Waals surface area (Å²) in [5.41, 5.74) is 6.08. The average molecular weight is 422 g/mol. The molecule has 0 aromatic heterocycles. The number of ether oxygens (including phenoxy) is 2. The Balaban J connectivity index is 1.95. The molecule has 3 rings (SSSR count). The average Bonchev–Trinajstić information content (AvgIpc) is 2.65. The van der Waals surface area contributed by atoms with E-state index in [9.17, 15) is 5.11 Å². The van der Waals surface area contributed by atoms with E-state index >= 15 is 0 Å². The number of rotatable bonds is 5. The van der Waals surface area contributed by atoms with Gasteiger partial charge >= 0.3 is 0 Å². The van der Waals surface area contributed by atoms with E-state index in [0.717, 1.165) is 35.0 Å². The predicted octanol–water partition coefficient (Wildman–Crippen LogP) is 5.12. The highest BCUT2D eigenvalue weighted by atomic mass is 32.2. The topological polar surface area (TPSA) is 64.7 Å². The molecule has 3 N–H and O–H groups in total. The maximum atomic E-state index is 11.6. The van der Waals surface area contributed by atoms with Crippen LogP contribution in [0.2, 0.25) is 0 Å².